The number of fused-ring (bicyclic) bond motifs is 5. The minimum atomic E-state index is -0.908. The Morgan fingerprint density at radius 1 is 1.25 bits per heavy atom. The van der Waals surface area contributed by atoms with Crippen LogP contribution in [0.2, 0.25) is 0 Å². The van der Waals surface area contributed by atoms with Crippen LogP contribution in [0, 0.1) is 0 Å². The lowest BCUT2D eigenvalue weighted by Crippen LogP contribution is -2.23. The van der Waals surface area contributed by atoms with Gasteiger partial charge in [-0.3, -0.25) is 0 Å². The highest BCUT2D eigenvalue weighted by molar-refractivity contribution is 5.96. The normalized spacial score (nSPS) is 13.7. The van der Waals surface area contributed by atoms with Crippen LogP contribution < -0.4 is 10.1 Å². The summed E-state index contributed by atoms with van der Waals surface area (Å²) in [5, 5.41) is 13.8. The van der Waals surface area contributed by atoms with Gasteiger partial charge in [-0.1, -0.05) is 18.2 Å². The van der Waals surface area contributed by atoms with Gasteiger partial charge in [0.2, 0.25) is 0 Å². The number of aromatic carboxylic acids is 1. The van der Waals surface area contributed by atoms with Crippen LogP contribution in [-0.2, 0) is 13.1 Å². The van der Waals surface area contributed by atoms with Crippen molar-refractivity contribution in [1.29, 1.82) is 0 Å². The molecule has 2 N–H and O–H groups in total. The first kappa shape index (κ1) is 14.8. The molecular formula is C19H18N2O3. The van der Waals surface area contributed by atoms with E-state index in [1.807, 2.05) is 18.2 Å². The van der Waals surface area contributed by atoms with E-state index >= 15 is 0 Å². The molecule has 1 aliphatic heterocycles. The summed E-state index contributed by atoms with van der Waals surface area (Å²) in [5.74, 6) is -0.0758. The molecule has 0 amide bonds. The Hall–Kier alpha value is -2.79. The van der Waals surface area contributed by atoms with Crippen LogP contribution in [0.15, 0.2) is 42.5 Å². The van der Waals surface area contributed by atoms with E-state index in [2.05, 4.69) is 22.0 Å². The number of ether oxygens (including phenoxy) is 1. The highest BCUT2D eigenvalue weighted by atomic mass is 16.5. The summed E-state index contributed by atoms with van der Waals surface area (Å²) in [5.41, 5.74) is 4.56. The van der Waals surface area contributed by atoms with Crippen molar-refractivity contribution < 1.29 is 14.6 Å². The zero-order valence-electron chi connectivity index (χ0n) is 13.4. The standard InChI is InChI=1S/C19H18N2O3/c1-24-17-4-2-3-14-11-20-7-8-21-15-10-13(19(22)23)6-5-12(15)9-16(21)18(14)17/h2-6,9-10,20H,7-8,11H2,1H3,(H,22,23). The van der Waals surface area contributed by atoms with Gasteiger partial charge in [0.15, 0.2) is 0 Å². The molecule has 122 valence electrons. The summed E-state index contributed by atoms with van der Waals surface area (Å²) < 4.78 is 7.76. The van der Waals surface area contributed by atoms with Gasteiger partial charge < -0.3 is 19.7 Å². The molecule has 24 heavy (non-hydrogen) atoms. The molecule has 0 atom stereocenters. The van der Waals surface area contributed by atoms with Gasteiger partial charge in [-0.25, -0.2) is 4.79 Å². The number of nitrogens with zero attached hydrogens (tertiary/aromatic N) is 1. The molecule has 0 bridgehead atoms. The van der Waals surface area contributed by atoms with E-state index in [1.165, 1.54) is 5.56 Å². The molecule has 0 radical (unpaired) electrons. The van der Waals surface area contributed by atoms with Crippen LogP contribution in [-0.4, -0.2) is 29.3 Å². The lowest BCUT2D eigenvalue weighted by atomic mass is 10.0. The Labute approximate surface area is 139 Å². The average Bonchev–Trinajstić information content (AvgIpc) is 2.92. The van der Waals surface area contributed by atoms with Gasteiger partial charge in [-0.15, -0.1) is 0 Å². The predicted octanol–water partition coefficient (Wildman–Crippen LogP) is 3.12. The minimum absolute atomic E-state index is 0.304. The fourth-order valence-corrected chi connectivity index (χ4v) is 3.43. The summed E-state index contributed by atoms with van der Waals surface area (Å²) >= 11 is 0. The second-order valence-electron chi connectivity index (χ2n) is 5.93. The molecular weight excluding hydrogens is 304 g/mol. The Morgan fingerprint density at radius 2 is 2.12 bits per heavy atom. The van der Waals surface area contributed by atoms with Crippen LogP contribution in [0.3, 0.4) is 0 Å². The lowest BCUT2D eigenvalue weighted by Gasteiger charge is -2.20. The van der Waals surface area contributed by atoms with Gasteiger partial charge in [0.05, 0.1) is 18.4 Å². The van der Waals surface area contributed by atoms with Crippen molar-refractivity contribution in [2.45, 2.75) is 13.1 Å². The van der Waals surface area contributed by atoms with Crippen molar-refractivity contribution in [3.05, 3.63) is 53.6 Å². The maximum Gasteiger partial charge on any atom is 0.335 e. The second kappa shape index (κ2) is 5.69. The highest BCUT2D eigenvalue weighted by Crippen LogP contribution is 2.37. The molecule has 5 nitrogen and oxygen atoms in total. The predicted molar refractivity (Wildman–Crippen MR) is 92.6 cm³/mol. The summed E-state index contributed by atoms with van der Waals surface area (Å²) in [4.78, 5) is 11.3. The number of rotatable bonds is 2. The zero-order chi connectivity index (χ0) is 16.7. The molecule has 0 spiro atoms. The third-order valence-electron chi connectivity index (χ3n) is 4.57. The zero-order valence-corrected chi connectivity index (χ0v) is 13.4. The van der Waals surface area contributed by atoms with Crippen molar-refractivity contribution in [3.63, 3.8) is 0 Å². The van der Waals surface area contributed by atoms with E-state index in [0.29, 0.717) is 5.56 Å². The summed E-state index contributed by atoms with van der Waals surface area (Å²) in [6.45, 7) is 2.39. The first-order chi connectivity index (χ1) is 11.7. The number of benzene rings is 2. The molecule has 0 saturated carbocycles. The minimum Gasteiger partial charge on any atom is -0.496 e. The number of nitrogens with one attached hydrogen (secondary N) is 1. The molecule has 2 heterocycles. The molecule has 3 aromatic rings. The third-order valence-corrected chi connectivity index (χ3v) is 4.57. The Bertz CT molecular complexity index is 943. The first-order valence-corrected chi connectivity index (χ1v) is 7.92. The lowest BCUT2D eigenvalue weighted by molar-refractivity contribution is 0.0697. The number of carboxylic acids is 1. The van der Waals surface area contributed by atoms with E-state index in [9.17, 15) is 9.90 Å². The van der Waals surface area contributed by atoms with Crippen molar-refractivity contribution in [1.82, 2.24) is 9.88 Å². The van der Waals surface area contributed by atoms with Gasteiger partial charge in [0, 0.05) is 36.1 Å². The van der Waals surface area contributed by atoms with E-state index in [1.54, 1.807) is 19.2 Å². The van der Waals surface area contributed by atoms with Gasteiger partial charge in [-0.2, -0.15) is 0 Å². The molecule has 1 aromatic heterocycles. The summed E-state index contributed by atoms with van der Waals surface area (Å²) in [6.07, 6.45) is 0. The van der Waals surface area contributed by atoms with Crippen molar-refractivity contribution in [2.75, 3.05) is 13.7 Å². The number of carbonyl (C=O) groups is 1. The molecule has 2 aromatic carbocycles. The average molecular weight is 322 g/mol. The summed E-state index contributed by atoms with van der Waals surface area (Å²) in [7, 11) is 1.68. The fourth-order valence-electron chi connectivity index (χ4n) is 3.43. The van der Waals surface area contributed by atoms with Gasteiger partial charge >= 0.3 is 5.97 Å². The number of methoxy groups -OCH3 is 1. The maximum atomic E-state index is 11.3. The van der Waals surface area contributed by atoms with Crippen LogP contribution in [0.5, 0.6) is 5.75 Å². The molecule has 5 heteroatoms. The fraction of sp³-hybridized carbons (Fsp3) is 0.211. The molecule has 0 fully saturated rings. The number of aromatic nitrogens is 1. The maximum absolute atomic E-state index is 11.3. The number of hydrogen-bond donors (Lipinski definition) is 2. The monoisotopic (exact) mass is 322 g/mol. The van der Waals surface area contributed by atoms with E-state index in [-0.39, 0.29) is 0 Å². The van der Waals surface area contributed by atoms with Crippen molar-refractivity contribution >= 4 is 16.9 Å². The Balaban J connectivity index is 2.04. The van der Waals surface area contributed by atoms with Crippen LogP contribution in [0.1, 0.15) is 15.9 Å². The van der Waals surface area contributed by atoms with Crippen LogP contribution >= 0.6 is 0 Å². The third kappa shape index (κ3) is 2.25. The van der Waals surface area contributed by atoms with E-state index in [4.69, 9.17) is 4.74 Å². The molecule has 0 saturated heterocycles. The van der Waals surface area contributed by atoms with Crippen LogP contribution in [0.25, 0.3) is 22.2 Å². The van der Waals surface area contributed by atoms with Gasteiger partial charge in [-0.05, 0) is 29.8 Å². The van der Waals surface area contributed by atoms with Gasteiger partial charge in [0.25, 0.3) is 0 Å². The number of hydrogen-bond acceptors (Lipinski definition) is 3. The van der Waals surface area contributed by atoms with Crippen molar-refractivity contribution in [3.8, 4) is 17.0 Å². The molecule has 4 rings (SSSR count). The van der Waals surface area contributed by atoms with Gasteiger partial charge in [0.1, 0.15) is 5.75 Å². The SMILES string of the molecule is COc1cccc2c1-c1cc3ccc(C(=O)O)cc3n1CCNC2. The second-order valence-corrected chi connectivity index (χ2v) is 5.93. The molecule has 1 aliphatic rings. The van der Waals surface area contributed by atoms with Crippen LogP contribution in [0.4, 0.5) is 0 Å². The highest BCUT2D eigenvalue weighted by Gasteiger charge is 2.20. The molecule has 0 unspecified atom stereocenters. The number of carboxylic acid groups (broad SMARTS) is 1. The van der Waals surface area contributed by atoms with E-state index in [0.717, 1.165) is 47.5 Å². The van der Waals surface area contributed by atoms with Crippen molar-refractivity contribution in [2.24, 2.45) is 0 Å². The quantitative estimate of drug-likeness (QED) is 0.761. The topological polar surface area (TPSA) is 63.5 Å². The smallest absolute Gasteiger partial charge is 0.335 e. The molecule has 0 aliphatic carbocycles. The first-order valence-electron chi connectivity index (χ1n) is 7.92. The van der Waals surface area contributed by atoms with E-state index < -0.39 is 5.97 Å². The Kier molecular flexibility index (Phi) is 3.50. The Morgan fingerprint density at radius 3 is 2.92 bits per heavy atom. The largest absolute Gasteiger partial charge is 0.496 e. The summed E-state index contributed by atoms with van der Waals surface area (Å²) in [6, 6.07) is 13.5.